The smallest absolute Gasteiger partial charge is 0.356 e. The topological polar surface area (TPSA) is 42.0 Å². The number of hydrogen-bond acceptors (Lipinski definition) is 5. The molecule has 2 heterocycles. The fourth-order valence-electron chi connectivity index (χ4n) is 5.46. The Morgan fingerprint density at radius 1 is 0.750 bits per heavy atom. The van der Waals surface area contributed by atoms with Gasteiger partial charge in [-0.3, -0.25) is 4.84 Å². The van der Waals surface area contributed by atoms with Crippen LogP contribution in [0, 0.1) is 5.92 Å². The molecule has 5 nitrogen and oxygen atoms in total. The van der Waals surface area contributed by atoms with Crippen molar-refractivity contribution in [3.8, 4) is 0 Å². The van der Waals surface area contributed by atoms with Gasteiger partial charge in [-0.25, -0.2) is 4.79 Å². The first-order valence-electron chi connectivity index (χ1n) is 11.3. The first-order valence-corrected chi connectivity index (χ1v) is 11.3. The molecule has 1 saturated carbocycles. The van der Waals surface area contributed by atoms with Gasteiger partial charge in [0.05, 0.1) is 11.1 Å². The Balaban J connectivity index is 1.78. The number of hydrogen-bond donors (Lipinski definition) is 0. The molecule has 0 aromatic rings. The maximum absolute atomic E-state index is 13.3. The standard InChI is InChI=1S/C23H42N2O3/c1-20(2)13-9-14-21(3,4)24(20)27-18(17-11-12-17)19(26)28-25-22(5,6)15-10-16-23(25,7)8/h17-18H,9-16H2,1-8H3. The second-order valence-corrected chi connectivity index (χ2v) is 11.8. The van der Waals surface area contributed by atoms with Crippen LogP contribution in [0.4, 0.5) is 0 Å². The van der Waals surface area contributed by atoms with Gasteiger partial charge in [0.25, 0.3) is 0 Å². The monoisotopic (exact) mass is 394 g/mol. The summed E-state index contributed by atoms with van der Waals surface area (Å²) < 4.78 is 0. The summed E-state index contributed by atoms with van der Waals surface area (Å²) in [5.74, 6) is 0.0553. The molecule has 1 atom stereocenters. The van der Waals surface area contributed by atoms with E-state index in [2.05, 4.69) is 60.5 Å². The SMILES string of the molecule is CC1(C)CCCC(C)(C)N1OC(=O)C(ON1C(C)(C)CCCC1(C)C)C1CC1. The number of hydroxylamine groups is 4. The molecular weight excluding hydrogens is 352 g/mol. The third-order valence-electron chi connectivity index (χ3n) is 7.04. The van der Waals surface area contributed by atoms with E-state index in [-0.39, 0.29) is 34.0 Å². The van der Waals surface area contributed by atoms with Crippen molar-refractivity contribution < 1.29 is 14.5 Å². The minimum Gasteiger partial charge on any atom is -0.364 e. The lowest BCUT2D eigenvalue weighted by molar-refractivity contribution is -0.321. The van der Waals surface area contributed by atoms with Gasteiger partial charge in [0.15, 0.2) is 6.10 Å². The highest BCUT2D eigenvalue weighted by Gasteiger charge is 2.50. The van der Waals surface area contributed by atoms with E-state index >= 15 is 0 Å². The van der Waals surface area contributed by atoms with Gasteiger partial charge in [-0.05, 0) is 113 Å². The molecule has 28 heavy (non-hydrogen) atoms. The van der Waals surface area contributed by atoms with E-state index in [1.54, 1.807) is 0 Å². The number of carbonyl (C=O) groups is 1. The van der Waals surface area contributed by atoms with Crippen LogP contribution in [0.5, 0.6) is 0 Å². The molecule has 0 amide bonds. The maximum Gasteiger partial charge on any atom is 0.356 e. The minimum atomic E-state index is -0.509. The zero-order chi connectivity index (χ0) is 21.0. The zero-order valence-corrected chi connectivity index (χ0v) is 19.4. The van der Waals surface area contributed by atoms with Crippen molar-refractivity contribution in [3.05, 3.63) is 0 Å². The molecule has 3 aliphatic rings. The van der Waals surface area contributed by atoms with Crippen LogP contribution in [0.25, 0.3) is 0 Å². The van der Waals surface area contributed by atoms with Gasteiger partial charge in [-0.2, -0.15) is 5.06 Å². The molecular formula is C23H42N2O3. The quantitative estimate of drug-likeness (QED) is 0.638. The summed E-state index contributed by atoms with van der Waals surface area (Å²) in [4.78, 5) is 26.0. The molecule has 5 heteroatoms. The van der Waals surface area contributed by atoms with Gasteiger partial charge < -0.3 is 4.84 Å². The van der Waals surface area contributed by atoms with Gasteiger partial charge in [-0.15, -0.1) is 5.06 Å². The molecule has 0 radical (unpaired) electrons. The van der Waals surface area contributed by atoms with Crippen LogP contribution in [0.1, 0.15) is 107 Å². The van der Waals surface area contributed by atoms with Gasteiger partial charge >= 0.3 is 5.97 Å². The molecule has 2 aliphatic heterocycles. The molecule has 0 bridgehead atoms. The van der Waals surface area contributed by atoms with Crippen LogP contribution in [0.15, 0.2) is 0 Å². The van der Waals surface area contributed by atoms with Gasteiger partial charge in [0.1, 0.15) is 0 Å². The summed E-state index contributed by atoms with van der Waals surface area (Å²) in [5, 5.41) is 4.07. The average molecular weight is 395 g/mol. The van der Waals surface area contributed by atoms with Crippen LogP contribution in [0.3, 0.4) is 0 Å². The molecule has 0 N–H and O–H groups in total. The van der Waals surface area contributed by atoms with Crippen molar-refractivity contribution in [2.45, 2.75) is 135 Å². The molecule has 1 aliphatic carbocycles. The summed E-state index contributed by atoms with van der Waals surface area (Å²) in [6.07, 6.45) is 8.15. The van der Waals surface area contributed by atoms with Crippen molar-refractivity contribution >= 4 is 5.97 Å². The minimum absolute atomic E-state index is 0.0845. The molecule has 1 unspecified atom stereocenters. The third kappa shape index (κ3) is 4.41. The van der Waals surface area contributed by atoms with E-state index < -0.39 is 6.10 Å². The van der Waals surface area contributed by atoms with Gasteiger partial charge in [0.2, 0.25) is 0 Å². The molecule has 2 saturated heterocycles. The molecule has 162 valence electrons. The van der Waals surface area contributed by atoms with Crippen molar-refractivity contribution in [1.82, 2.24) is 10.1 Å². The lowest BCUT2D eigenvalue weighted by atomic mass is 9.82. The largest absolute Gasteiger partial charge is 0.364 e. The van der Waals surface area contributed by atoms with Crippen LogP contribution in [0.2, 0.25) is 0 Å². The Kier molecular flexibility index (Phi) is 5.70. The number of rotatable bonds is 5. The third-order valence-corrected chi connectivity index (χ3v) is 7.04. The predicted octanol–water partition coefficient (Wildman–Crippen LogP) is 5.24. The summed E-state index contributed by atoms with van der Waals surface area (Å²) in [6, 6.07) is 0. The molecule has 0 aromatic carbocycles. The Morgan fingerprint density at radius 2 is 1.14 bits per heavy atom. The van der Waals surface area contributed by atoms with Crippen molar-refractivity contribution in [1.29, 1.82) is 0 Å². The fourth-order valence-corrected chi connectivity index (χ4v) is 5.46. The summed E-state index contributed by atoms with van der Waals surface area (Å²) in [7, 11) is 0. The maximum atomic E-state index is 13.3. The van der Waals surface area contributed by atoms with E-state index in [0.29, 0.717) is 0 Å². The van der Waals surface area contributed by atoms with Gasteiger partial charge in [0, 0.05) is 11.1 Å². The first-order chi connectivity index (χ1) is 12.8. The second kappa shape index (κ2) is 7.24. The second-order valence-electron chi connectivity index (χ2n) is 11.8. The van der Waals surface area contributed by atoms with Crippen LogP contribution < -0.4 is 0 Å². The molecule has 0 aromatic heterocycles. The summed E-state index contributed by atoms with van der Waals surface area (Å²) in [6.45, 7) is 17.6. The normalized spacial score (nSPS) is 30.6. The fraction of sp³-hybridized carbons (Fsp3) is 0.957. The van der Waals surface area contributed by atoms with Crippen molar-refractivity contribution in [3.63, 3.8) is 0 Å². The van der Waals surface area contributed by atoms with E-state index in [0.717, 1.165) is 44.9 Å². The Bertz CT molecular complexity index is 561. The highest BCUT2D eigenvalue weighted by molar-refractivity contribution is 5.75. The number of nitrogens with zero attached hydrogens (tertiary/aromatic N) is 2. The highest BCUT2D eigenvalue weighted by Crippen LogP contribution is 2.44. The van der Waals surface area contributed by atoms with E-state index in [1.165, 1.54) is 6.42 Å². The average Bonchev–Trinajstić information content (AvgIpc) is 3.34. The number of piperidine rings is 2. The van der Waals surface area contributed by atoms with Crippen molar-refractivity contribution in [2.75, 3.05) is 0 Å². The Labute approximate surface area is 172 Å². The Morgan fingerprint density at radius 3 is 1.54 bits per heavy atom. The molecule has 0 spiro atoms. The first kappa shape index (κ1) is 22.0. The summed E-state index contributed by atoms with van der Waals surface area (Å²) in [5.41, 5.74) is -0.484. The number of carbonyl (C=O) groups excluding carboxylic acids is 1. The lowest BCUT2D eigenvalue weighted by Gasteiger charge is -2.53. The molecule has 3 rings (SSSR count). The van der Waals surface area contributed by atoms with Crippen LogP contribution in [-0.2, 0) is 14.5 Å². The summed E-state index contributed by atoms with van der Waals surface area (Å²) >= 11 is 0. The van der Waals surface area contributed by atoms with E-state index in [9.17, 15) is 4.79 Å². The van der Waals surface area contributed by atoms with Crippen LogP contribution >= 0.6 is 0 Å². The zero-order valence-electron chi connectivity index (χ0n) is 19.4. The highest BCUT2D eigenvalue weighted by atomic mass is 16.8. The van der Waals surface area contributed by atoms with Gasteiger partial charge in [-0.1, -0.05) is 0 Å². The van der Waals surface area contributed by atoms with E-state index in [4.69, 9.17) is 9.68 Å². The lowest BCUT2D eigenvalue weighted by Crippen LogP contribution is -2.62. The predicted molar refractivity (Wildman–Crippen MR) is 111 cm³/mol. The van der Waals surface area contributed by atoms with Crippen molar-refractivity contribution in [2.24, 2.45) is 5.92 Å². The van der Waals surface area contributed by atoms with Crippen LogP contribution in [-0.4, -0.2) is 44.4 Å². The van der Waals surface area contributed by atoms with E-state index in [1.807, 2.05) is 5.06 Å². The Hall–Kier alpha value is -0.650. The molecule has 3 fully saturated rings.